The number of halogens is 1. The van der Waals surface area contributed by atoms with E-state index in [0.717, 1.165) is 47.8 Å². The number of fused-ring (bicyclic) bond motifs is 1. The van der Waals surface area contributed by atoms with Crippen molar-refractivity contribution >= 4 is 38.3 Å². The van der Waals surface area contributed by atoms with Gasteiger partial charge in [-0.05, 0) is 41.1 Å². The lowest BCUT2D eigenvalue weighted by Gasteiger charge is -2.37. The SMILES string of the molecule is Cc1nccc(N2CCN(c3ccnc4c(Br)cccc34)CC2)n1. The zero-order chi connectivity index (χ0) is 16.5. The molecule has 1 aromatic carbocycles. The number of pyridine rings is 1. The van der Waals surface area contributed by atoms with Crippen LogP contribution in [0.1, 0.15) is 5.82 Å². The number of aromatic nitrogens is 3. The van der Waals surface area contributed by atoms with E-state index in [4.69, 9.17) is 0 Å². The fraction of sp³-hybridized carbons (Fsp3) is 0.278. The van der Waals surface area contributed by atoms with Gasteiger partial charge < -0.3 is 9.80 Å². The van der Waals surface area contributed by atoms with Crippen LogP contribution < -0.4 is 9.80 Å². The number of hydrogen-bond acceptors (Lipinski definition) is 5. The van der Waals surface area contributed by atoms with Gasteiger partial charge in [0.1, 0.15) is 11.6 Å². The highest BCUT2D eigenvalue weighted by Crippen LogP contribution is 2.30. The van der Waals surface area contributed by atoms with E-state index in [0.29, 0.717) is 0 Å². The molecule has 0 saturated carbocycles. The number of para-hydroxylation sites is 1. The van der Waals surface area contributed by atoms with E-state index >= 15 is 0 Å². The maximum Gasteiger partial charge on any atom is 0.132 e. The summed E-state index contributed by atoms with van der Waals surface area (Å²) >= 11 is 3.60. The first kappa shape index (κ1) is 15.3. The molecule has 4 rings (SSSR count). The van der Waals surface area contributed by atoms with Gasteiger partial charge in [0.25, 0.3) is 0 Å². The van der Waals surface area contributed by atoms with Gasteiger partial charge in [0.2, 0.25) is 0 Å². The van der Waals surface area contributed by atoms with Gasteiger partial charge in [0.05, 0.1) is 5.52 Å². The molecule has 122 valence electrons. The molecule has 1 fully saturated rings. The average Bonchev–Trinajstić information content (AvgIpc) is 2.62. The third kappa shape index (κ3) is 2.82. The molecule has 0 atom stereocenters. The van der Waals surface area contributed by atoms with E-state index in [2.05, 4.69) is 58.9 Å². The van der Waals surface area contributed by atoms with Gasteiger partial charge in [-0.1, -0.05) is 12.1 Å². The minimum atomic E-state index is 0.819. The lowest BCUT2D eigenvalue weighted by atomic mass is 10.1. The number of benzene rings is 1. The second-order valence-electron chi connectivity index (χ2n) is 5.90. The largest absolute Gasteiger partial charge is 0.367 e. The standard InChI is InChI=1S/C18H18BrN5/c1-13-20-8-6-17(22-13)24-11-9-23(10-12-24)16-5-7-21-18-14(16)3-2-4-15(18)19/h2-8H,9-12H2,1H3. The van der Waals surface area contributed by atoms with Gasteiger partial charge in [-0.2, -0.15) is 0 Å². The first-order valence-corrected chi connectivity index (χ1v) is 8.84. The fourth-order valence-corrected chi connectivity index (χ4v) is 3.67. The molecule has 2 aromatic heterocycles. The lowest BCUT2D eigenvalue weighted by Crippen LogP contribution is -2.47. The molecule has 1 aliphatic heterocycles. The summed E-state index contributed by atoms with van der Waals surface area (Å²) in [4.78, 5) is 18.0. The van der Waals surface area contributed by atoms with Crippen molar-refractivity contribution in [3.8, 4) is 0 Å². The Labute approximate surface area is 149 Å². The Kier molecular flexibility index (Phi) is 4.06. The van der Waals surface area contributed by atoms with Gasteiger partial charge in [0.15, 0.2) is 0 Å². The minimum absolute atomic E-state index is 0.819. The number of hydrogen-bond donors (Lipinski definition) is 0. The molecular formula is C18H18BrN5. The Morgan fingerprint density at radius 2 is 1.67 bits per heavy atom. The Balaban J connectivity index is 1.57. The molecule has 0 spiro atoms. The molecule has 24 heavy (non-hydrogen) atoms. The van der Waals surface area contributed by atoms with E-state index in [-0.39, 0.29) is 0 Å². The van der Waals surface area contributed by atoms with Gasteiger partial charge >= 0.3 is 0 Å². The Morgan fingerprint density at radius 1 is 0.917 bits per heavy atom. The molecule has 0 unspecified atom stereocenters. The van der Waals surface area contributed by atoms with Crippen molar-refractivity contribution in [2.75, 3.05) is 36.0 Å². The predicted octanol–water partition coefficient (Wildman–Crippen LogP) is 3.42. The number of aryl methyl sites for hydroxylation is 1. The van der Waals surface area contributed by atoms with Crippen molar-refractivity contribution in [1.82, 2.24) is 15.0 Å². The maximum absolute atomic E-state index is 4.54. The smallest absolute Gasteiger partial charge is 0.132 e. The fourth-order valence-electron chi connectivity index (χ4n) is 3.20. The van der Waals surface area contributed by atoms with Crippen molar-refractivity contribution in [3.63, 3.8) is 0 Å². The van der Waals surface area contributed by atoms with Crippen molar-refractivity contribution in [2.24, 2.45) is 0 Å². The van der Waals surface area contributed by atoms with Crippen LogP contribution >= 0.6 is 15.9 Å². The van der Waals surface area contributed by atoms with E-state index < -0.39 is 0 Å². The van der Waals surface area contributed by atoms with Crippen LogP contribution in [0.3, 0.4) is 0 Å². The lowest BCUT2D eigenvalue weighted by molar-refractivity contribution is 0.647. The van der Waals surface area contributed by atoms with Gasteiger partial charge in [-0.15, -0.1) is 0 Å². The van der Waals surface area contributed by atoms with Crippen LogP contribution in [0.4, 0.5) is 11.5 Å². The summed E-state index contributed by atoms with van der Waals surface area (Å²) in [6.07, 6.45) is 3.72. The summed E-state index contributed by atoms with van der Waals surface area (Å²) < 4.78 is 1.04. The predicted molar refractivity (Wildman–Crippen MR) is 101 cm³/mol. The highest BCUT2D eigenvalue weighted by atomic mass is 79.9. The number of anilines is 2. The van der Waals surface area contributed by atoms with Gasteiger partial charge in [-0.3, -0.25) is 4.98 Å². The Morgan fingerprint density at radius 3 is 2.46 bits per heavy atom. The quantitative estimate of drug-likeness (QED) is 0.678. The molecule has 0 amide bonds. The second-order valence-corrected chi connectivity index (χ2v) is 6.76. The molecule has 1 saturated heterocycles. The van der Waals surface area contributed by atoms with E-state index in [1.165, 1.54) is 11.1 Å². The zero-order valence-electron chi connectivity index (χ0n) is 13.5. The zero-order valence-corrected chi connectivity index (χ0v) is 15.1. The van der Waals surface area contributed by atoms with Crippen molar-refractivity contribution in [3.05, 3.63) is 53.0 Å². The van der Waals surface area contributed by atoms with Crippen molar-refractivity contribution in [2.45, 2.75) is 6.92 Å². The third-order valence-electron chi connectivity index (χ3n) is 4.40. The van der Waals surface area contributed by atoms with Gasteiger partial charge in [-0.25, -0.2) is 9.97 Å². The molecule has 6 heteroatoms. The molecule has 0 bridgehead atoms. The first-order chi connectivity index (χ1) is 11.7. The summed E-state index contributed by atoms with van der Waals surface area (Å²) in [5.74, 6) is 1.84. The van der Waals surface area contributed by atoms with Crippen LogP contribution in [0.5, 0.6) is 0 Å². The number of piperazine rings is 1. The van der Waals surface area contributed by atoms with Crippen LogP contribution in [0.15, 0.2) is 47.2 Å². The monoisotopic (exact) mass is 383 g/mol. The van der Waals surface area contributed by atoms with E-state index in [1.54, 1.807) is 0 Å². The normalized spacial score (nSPS) is 15.1. The first-order valence-electron chi connectivity index (χ1n) is 8.05. The van der Waals surface area contributed by atoms with Gasteiger partial charge in [0, 0.05) is 54.1 Å². The molecule has 1 aliphatic rings. The molecule has 0 radical (unpaired) electrons. The summed E-state index contributed by atoms with van der Waals surface area (Å²) in [5.41, 5.74) is 2.27. The molecule has 0 N–H and O–H groups in total. The Hall–Kier alpha value is -2.21. The number of nitrogens with zero attached hydrogens (tertiary/aromatic N) is 5. The summed E-state index contributed by atoms with van der Waals surface area (Å²) in [6.45, 7) is 5.77. The van der Waals surface area contributed by atoms with Crippen LogP contribution in [0.25, 0.3) is 10.9 Å². The van der Waals surface area contributed by atoms with Crippen molar-refractivity contribution < 1.29 is 0 Å². The van der Waals surface area contributed by atoms with Crippen molar-refractivity contribution in [1.29, 1.82) is 0 Å². The molecular weight excluding hydrogens is 366 g/mol. The Bertz CT molecular complexity index is 874. The maximum atomic E-state index is 4.54. The second kappa shape index (κ2) is 6.36. The average molecular weight is 384 g/mol. The molecule has 3 heterocycles. The minimum Gasteiger partial charge on any atom is -0.367 e. The molecule has 5 nitrogen and oxygen atoms in total. The van der Waals surface area contributed by atoms with Crippen LogP contribution in [-0.4, -0.2) is 41.1 Å². The third-order valence-corrected chi connectivity index (χ3v) is 5.04. The number of rotatable bonds is 2. The summed E-state index contributed by atoms with van der Waals surface area (Å²) in [6, 6.07) is 10.3. The highest BCUT2D eigenvalue weighted by molar-refractivity contribution is 9.10. The van der Waals surface area contributed by atoms with E-state index in [9.17, 15) is 0 Å². The van der Waals surface area contributed by atoms with E-state index in [1.807, 2.05) is 31.5 Å². The summed E-state index contributed by atoms with van der Waals surface area (Å²) in [7, 11) is 0. The highest BCUT2D eigenvalue weighted by Gasteiger charge is 2.20. The summed E-state index contributed by atoms with van der Waals surface area (Å²) in [5, 5.41) is 1.19. The van der Waals surface area contributed by atoms with Crippen LogP contribution in [0.2, 0.25) is 0 Å². The molecule has 3 aromatic rings. The molecule has 0 aliphatic carbocycles. The van der Waals surface area contributed by atoms with Crippen LogP contribution in [-0.2, 0) is 0 Å². The topological polar surface area (TPSA) is 45.2 Å². The van der Waals surface area contributed by atoms with Crippen LogP contribution in [0, 0.1) is 6.92 Å².